The van der Waals surface area contributed by atoms with Crippen molar-refractivity contribution < 1.29 is 14.6 Å². The van der Waals surface area contributed by atoms with Crippen molar-refractivity contribution in [3.63, 3.8) is 0 Å². The van der Waals surface area contributed by atoms with Gasteiger partial charge in [0.05, 0.1) is 7.11 Å². The lowest BCUT2D eigenvalue weighted by molar-refractivity contribution is 0.0747. The van der Waals surface area contributed by atoms with E-state index in [-0.39, 0.29) is 5.78 Å². The maximum Gasteiger partial charge on any atom is 0.195 e. The molecule has 3 aromatic rings. The molecule has 0 bridgehead atoms. The molecule has 3 nitrogen and oxygen atoms in total. The zero-order valence-electron chi connectivity index (χ0n) is 12.2. The smallest absolute Gasteiger partial charge is 0.195 e. The van der Waals surface area contributed by atoms with Crippen molar-refractivity contribution in [3.05, 3.63) is 77.9 Å². The van der Waals surface area contributed by atoms with Crippen molar-refractivity contribution in [3.8, 4) is 5.75 Å². The molecule has 0 spiro atoms. The number of aliphatic hydroxyl groups is 1. The van der Waals surface area contributed by atoms with Gasteiger partial charge in [0.15, 0.2) is 5.78 Å². The number of hydrogen-bond donors (Lipinski definition) is 1. The summed E-state index contributed by atoms with van der Waals surface area (Å²) in [6.07, 6.45) is -1.17. The molecule has 0 aliphatic heterocycles. The Hall–Kier alpha value is -2.65. The number of carbonyl (C=O) groups excluding carboxylic acids is 1. The summed E-state index contributed by atoms with van der Waals surface area (Å²) in [6.45, 7) is 0. The topological polar surface area (TPSA) is 46.5 Å². The Labute approximate surface area is 128 Å². The fraction of sp³-hybridized carbons (Fsp3) is 0.105. The summed E-state index contributed by atoms with van der Waals surface area (Å²) in [6, 6.07) is 20.1. The third-order valence-corrected chi connectivity index (χ3v) is 3.71. The minimum absolute atomic E-state index is 0.309. The number of hydrogen-bond acceptors (Lipinski definition) is 3. The third kappa shape index (κ3) is 2.71. The maximum absolute atomic E-state index is 12.5. The van der Waals surface area contributed by atoms with E-state index in [1.165, 1.54) is 0 Å². The van der Waals surface area contributed by atoms with Crippen molar-refractivity contribution >= 4 is 16.6 Å². The molecule has 0 saturated heterocycles. The number of benzene rings is 3. The molecule has 1 unspecified atom stereocenters. The monoisotopic (exact) mass is 292 g/mol. The molecule has 3 heteroatoms. The number of aliphatic hydroxyl groups excluding tert-OH is 1. The first-order valence-electron chi connectivity index (χ1n) is 7.04. The Morgan fingerprint density at radius 1 is 0.955 bits per heavy atom. The minimum Gasteiger partial charge on any atom is -0.497 e. The number of rotatable bonds is 4. The second-order valence-corrected chi connectivity index (χ2v) is 5.10. The van der Waals surface area contributed by atoms with Crippen LogP contribution in [0.1, 0.15) is 22.0 Å². The fourth-order valence-corrected chi connectivity index (χ4v) is 2.44. The largest absolute Gasteiger partial charge is 0.497 e. The van der Waals surface area contributed by atoms with Crippen molar-refractivity contribution in [1.82, 2.24) is 0 Å². The Bertz CT molecular complexity index is 806. The number of methoxy groups -OCH3 is 1. The molecule has 0 amide bonds. The molecule has 3 aromatic carbocycles. The zero-order valence-corrected chi connectivity index (χ0v) is 12.2. The number of Topliss-reactive ketones (excluding diaryl/α,β-unsaturated/α-hetero) is 1. The van der Waals surface area contributed by atoms with Crippen LogP contribution in [-0.2, 0) is 0 Å². The van der Waals surface area contributed by atoms with Gasteiger partial charge in [-0.1, -0.05) is 48.5 Å². The van der Waals surface area contributed by atoms with E-state index in [2.05, 4.69) is 0 Å². The van der Waals surface area contributed by atoms with Gasteiger partial charge >= 0.3 is 0 Å². The molecule has 0 aromatic heterocycles. The van der Waals surface area contributed by atoms with E-state index in [0.29, 0.717) is 16.9 Å². The third-order valence-electron chi connectivity index (χ3n) is 3.71. The average Bonchev–Trinajstić information content (AvgIpc) is 2.60. The van der Waals surface area contributed by atoms with Crippen LogP contribution in [0.4, 0.5) is 0 Å². The lowest BCUT2D eigenvalue weighted by Crippen LogP contribution is -2.12. The van der Waals surface area contributed by atoms with Gasteiger partial charge in [0.2, 0.25) is 0 Å². The standard InChI is InChI=1S/C19H16O3/c1-22-17-10-8-14(9-11-17)18(20)19(21)16-7-6-13-4-2-3-5-15(13)12-16/h2-12,18,20H,1H3. The summed E-state index contributed by atoms with van der Waals surface area (Å²) in [5.41, 5.74) is 1.06. The van der Waals surface area contributed by atoms with Gasteiger partial charge in [0, 0.05) is 5.56 Å². The van der Waals surface area contributed by atoms with Crippen LogP contribution in [0.3, 0.4) is 0 Å². The summed E-state index contributed by atoms with van der Waals surface area (Å²) >= 11 is 0. The second kappa shape index (κ2) is 6.00. The van der Waals surface area contributed by atoms with Gasteiger partial charge in [0.1, 0.15) is 11.9 Å². The van der Waals surface area contributed by atoms with Crippen LogP contribution in [0.15, 0.2) is 66.7 Å². The van der Waals surface area contributed by atoms with Crippen molar-refractivity contribution in [2.24, 2.45) is 0 Å². The van der Waals surface area contributed by atoms with Crippen LogP contribution >= 0.6 is 0 Å². The molecule has 1 atom stereocenters. The van der Waals surface area contributed by atoms with Gasteiger partial charge in [-0.05, 0) is 34.5 Å². The highest BCUT2D eigenvalue weighted by molar-refractivity contribution is 6.02. The predicted molar refractivity (Wildman–Crippen MR) is 86.2 cm³/mol. The van der Waals surface area contributed by atoms with E-state index < -0.39 is 6.10 Å². The first kappa shape index (κ1) is 14.3. The molecule has 110 valence electrons. The molecule has 3 rings (SSSR count). The molecule has 1 N–H and O–H groups in total. The lowest BCUT2D eigenvalue weighted by Gasteiger charge is -2.11. The molecule has 0 radical (unpaired) electrons. The summed E-state index contributed by atoms with van der Waals surface area (Å²) in [5, 5.41) is 12.3. The van der Waals surface area contributed by atoms with Gasteiger partial charge in [-0.25, -0.2) is 0 Å². The van der Waals surface area contributed by atoms with Gasteiger partial charge in [-0.2, -0.15) is 0 Å². The zero-order chi connectivity index (χ0) is 15.5. The van der Waals surface area contributed by atoms with E-state index in [0.717, 1.165) is 10.8 Å². The van der Waals surface area contributed by atoms with E-state index >= 15 is 0 Å². The van der Waals surface area contributed by atoms with E-state index in [1.54, 1.807) is 37.4 Å². The summed E-state index contributed by atoms with van der Waals surface area (Å²) in [5.74, 6) is 0.380. The van der Waals surface area contributed by atoms with Gasteiger partial charge in [-0.3, -0.25) is 4.79 Å². The average molecular weight is 292 g/mol. The van der Waals surface area contributed by atoms with Crippen LogP contribution in [0.5, 0.6) is 5.75 Å². The number of carbonyl (C=O) groups is 1. The lowest BCUT2D eigenvalue weighted by atomic mass is 9.98. The number of ether oxygens (including phenoxy) is 1. The molecule has 22 heavy (non-hydrogen) atoms. The quantitative estimate of drug-likeness (QED) is 0.745. The fourth-order valence-electron chi connectivity index (χ4n) is 2.44. The first-order chi connectivity index (χ1) is 10.7. The van der Waals surface area contributed by atoms with E-state index in [9.17, 15) is 9.90 Å². The predicted octanol–water partition coefficient (Wildman–Crippen LogP) is 3.76. The SMILES string of the molecule is COc1ccc(C(O)C(=O)c2ccc3ccccc3c2)cc1. The Morgan fingerprint density at radius 2 is 1.64 bits per heavy atom. The van der Waals surface area contributed by atoms with Crippen LogP contribution in [0, 0.1) is 0 Å². The van der Waals surface area contributed by atoms with E-state index in [1.807, 2.05) is 36.4 Å². The molecule has 0 aliphatic rings. The maximum atomic E-state index is 12.5. The van der Waals surface area contributed by atoms with Gasteiger partial charge in [0.25, 0.3) is 0 Å². The van der Waals surface area contributed by atoms with Crippen LogP contribution in [0.25, 0.3) is 10.8 Å². The number of ketones is 1. The molecule has 0 fully saturated rings. The molecule has 0 aliphatic carbocycles. The summed E-state index contributed by atoms with van der Waals surface area (Å²) in [4.78, 5) is 12.5. The number of fused-ring (bicyclic) bond motifs is 1. The van der Waals surface area contributed by atoms with E-state index in [4.69, 9.17) is 4.74 Å². The van der Waals surface area contributed by atoms with Crippen molar-refractivity contribution in [1.29, 1.82) is 0 Å². The van der Waals surface area contributed by atoms with Crippen LogP contribution < -0.4 is 4.74 Å². The van der Waals surface area contributed by atoms with Crippen LogP contribution in [-0.4, -0.2) is 18.0 Å². The highest BCUT2D eigenvalue weighted by Gasteiger charge is 2.19. The Morgan fingerprint density at radius 3 is 2.32 bits per heavy atom. The molecule has 0 saturated carbocycles. The van der Waals surface area contributed by atoms with Crippen molar-refractivity contribution in [2.45, 2.75) is 6.10 Å². The molecule has 0 heterocycles. The minimum atomic E-state index is -1.17. The first-order valence-corrected chi connectivity index (χ1v) is 7.04. The highest BCUT2D eigenvalue weighted by atomic mass is 16.5. The normalized spacial score (nSPS) is 12.1. The Kier molecular flexibility index (Phi) is 3.90. The summed E-state index contributed by atoms with van der Waals surface area (Å²) < 4.78 is 5.08. The molecular formula is C19H16O3. The van der Waals surface area contributed by atoms with Crippen molar-refractivity contribution in [2.75, 3.05) is 7.11 Å². The van der Waals surface area contributed by atoms with Gasteiger partial charge in [-0.15, -0.1) is 0 Å². The highest BCUT2D eigenvalue weighted by Crippen LogP contribution is 2.23. The summed E-state index contributed by atoms with van der Waals surface area (Å²) in [7, 11) is 1.58. The second-order valence-electron chi connectivity index (χ2n) is 5.10. The van der Waals surface area contributed by atoms with Crippen LogP contribution in [0.2, 0.25) is 0 Å². The molecular weight excluding hydrogens is 276 g/mol. The van der Waals surface area contributed by atoms with Gasteiger partial charge < -0.3 is 9.84 Å². The Balaban J connectivity index is 1.90.